The van der Waals surface area contributed by atoms with E-state index in [2.05, 4.69) is 10.00 Å². The molecular formula is C25H29ClN4O3. The molecule has 1 amide bonds. The molecule has 0 spiro atoms. The monoisotopic (exact) mass is 468 g/mol. The number of aryl methyl sites for hydroxylation is 1. The van der Waals surface area contributed by atoms with Gasteiger partial charge in [0.25, 0.3) is 5.91 Å². The highest BCUT2D eigenvalue weighted by Crippen LogP contribution is 2.28. The molecule has 174 valence electrons. The molecule has 0 unspecified atom stereocenters. The molecular weight excluding hydrogens is 440 g/mol. The number of amides is 1. The lowest BCUT2D eigenvalue weighted by Gasteiger charge is -2.34. The van der Waals surface area contributed by atoms with Crippen molar-refractivity contribution in [2.45, 2.75) is 20.0 Å². The van der Waals surface area contributed by atoms with Crippen LogP contribution in [-0.4, -0.2) is 65.9 Å². The Morgan fingerprint density at radius 2 is 1.64 bits per heavy atom. The van der Waals surface area contributed by atoms with Crippen molar-refractivity contribution < 1.29 is 14.3 Å². The predicted molar refractivity (Wildman–Crippen MR) is 128 cm³/mol. The zero-order chi connectivity index (χ0) is 23.4. The molecule has 33 heavy (non-hydrogen) atoms. The van der Waals surface area contributed by atoms with Crippen LogP contribution in [-0.2, 0) is 13.1 Å². The first-order valence-corrected chi connectivity index (χ1v) is 11.4. The smallest absolute Gasteiger partial charge is 0.258 e. The number of aromatic nitrogens is 2. The minimum absolute atomic E-state index is 0.0532. The van der Waals surface area contributed by atoms with Crippen molar-refractivity contribution in [3.05, 3.63) is 76.1 Å². The van der Waals surface area contributed by atoms with Crippen LogP contribution < -0.4 is 9.47 Å². The lowest BCUT2D eigenvalue weighted by Crippen LogP contribution is -2.48. The first-order chi connectivity index (χ1) is 16.0. The van der Waals surface area contributed by atoms with Crippen molar-refractivity contribution in [3.63, 3.8) is 0 Å². The Hall–Kier alpha value is -3.03. The van der Waals surface area contributed by atoms with E-state index in [9.17, 15) is 4.79 Å². The Kier molecular flexibility index (Phi) is 7.20. The molecule has 0 radical (unpaired) electrons. The molecule has 2 aromatic carbocycles. The maximum Gasteiger partial charge on any atom is 0.258 e. The van der Waals surface area contributed by atoms with Crippen LogP contribution in [0.4, 0.5) is 0 Å². The zero-order valence-electron chi connectivity index (χ0n) is 19.3. The third-order valence-corrected chi connectivity index (χ3v) is 6.35. The number of halogens is 1. The molecule has 1 aromatic heterocycles. The maximum absolute atomic E-state index is 13.3. The van der Waals surface area contributed by atoms with Crippen LogP contribution in [0.15, 0.2) is 48.5 Å². The van der Waals surface area contributed by atoms with E-state index in [1.54, 1.807) is 18.9 Å². The minimum Gasteiger partial charge on any atom is -0.493 e. The number of ether oxygens (including phenoxy) is 2. The standard InChI is InChI=1S/C25H29ClN4O3/c1-18-23(24(26)30(27-18)17-19-7-5-4-6-8-19)25(31)29-13-11-28(12-14-29)16-20-9-10-21(32-2)22(15-20)33-3/h4-10,15H,11-14,16-17H2,1-3H3. The van der Waals surface area contributed by atoms with Crippen LogP contribution in [0.3, 0.4) is 0 Å². The summed E-state index contributed by atoms with van der Waals surface area (Å²) in [6.45, 7) is 6.03. The van der Waals surface area contributed by atoms with Crippen LogP contribution in [0.1, 0.15) is 27.2 Å². The van der Waals surface area contributed by atoms with Gasteiger partial charge in [0.05, 0.1) is 32.0 Å². The largest absolute Gasteiger partial charge is 0.493 e. The summed E-state index contributed by atoms with van der Waals surface area (Å²) in [6.07, 6.45) is 0. The maximum atomic E-state index is 13.3. The van der Waals surface area contributed by atoms with Crippen molar-refractivity contribution in [3.8, 4) is 11.5 Å². The molecule has 7 nitrogen and oxygen atoms in total. The number of hydrogen-bond acceptors (Lipinski definition) is 5. The van der Waals surface area contributed by atoms with Crippen molar-refractivity contribution >= 4 is 17.5 Å². The Morgan fingerprint density at radius 1 is 0.939 bits per heavy atom. The Balaban J connectivity index is 1.39. The number of rotatable bonds is 7. The number of methoxy groups -OCH3 is 2. The number of carbonyl (C=O) groups is 1. The molecule has 1 aliphatic rings. The van der Waals surface area contributed by atoms with E-state index >= 15 is 0 Å². The fourth-order valence-electron chi connectivity index (χ4n) is 4.16. The van der Waals surface area contributed by atoms with E-state index in [1.165, 1.54) is 0 Å². The van der Waals surface area contributed by atoms with Gasteiger partial charge < -0.3 is 14.4 Å². The van der Waals surface area contributed by atoms with Crippen molar-refractivity contribution in [2.24, 2.45) is 0 Å². The van der Waals surface area contributed by atoms with Crippen LogP contribution in [0.2, 0.25) is 5.15 Å². The van der Waals surface area contributed by atoms with Gasteiger partial charge in [0.1, 0.15) is 5.15 Å². The van der Waals surface area contributed by atoms with Gasteiger partial charge in [-0.3, -0.25) is 9.69 Å². The van der Waals surface area contributed by atoms with Crippen LogP contribution in [0.25, 0.3) is 0 Å². The normalized spacial score (nSPS) is 14.4. The minimum atomic E-state index is -0.0532. The number of nitrogens with zero attached hydrogens (tertiary/aromatic N) is 4. The summed E-state index contributed by atoms with van der Waals surface area (Å²) in [7, 11) is 3.27. The van der Waals surface area contributed by atoms with Gasteiger partial charge in [0, 0.05) is 32.7 Å². The van der Waals surface area contributed by atoms with Crippen LogP contribution in [0.5, 0.6) is 11.5 Å². The lowest BCUT2D eigenvalue weighted by molar-refractivity contribution is 0.0628. The molecule has 0 atom stereocenters. The average Bonchev–Trinajstić information content (AvgIpc) is 3.12. The molecule has 2 heterocycles. The first-order valence-electron chi connectivity index (χ1n) is 11.0. The van der Waals surface area contributed by atoms with Gasteiger partial charge in [-0.2, -0.15) is 5.10 Å². The van der Waals surface area contributed by atoms with Gasteiger partial charge in [-0.1, -0.05) is 48.0 Å². The van der Waals surface area contributed by atoms with Gasteiger partial charge in [0.2, 0.25) is 0 Å². The van der Waals surface area contributed by atoms with E-state index in [4.69, 9.17) is 21.1 Å². The predicted octanol–water partition coefficient (Wildman–Crippen LogP) is 3.87. The fourth-order valence-corrected chi connectivity index (χ4v) is 4.48. The topological polar surface area (TPSA) is 59.8 Å². The Bertz CT molecular complexity index is 1110. The van der Waals surface area contributed by atoms with Gasteiger partial charge in [0.15, 0.2) is 11.5 Å². The van der Waals surface area contributed by atoms with Gasteiger partial charge >= 0.3 is 0 Å². The highest BCUT2D eigenvalue weighted by Gasteiger charge is 2.28. The summed E-state index contributed by atoms with van der Waals surface area (Å²) < 4.78 is 12.4. The molecule has 0 aliphatic carbocycles. The zero-order valence-corrected chi connectivity index (χ0v) is 20.0. The van der Waals surface area contributed by atoms with Crippen molar-refractivity contribution in [2.75, 3.05) is 40.4 Å². The second-order valence-electron chi connectivity index (χ2n) is 8.15. The fraction of sp³-hybridized carbons (Fsp3) is 0.360. The molecule has 0 N–H and O–H groups in total. The van der Waals surface area contributed by atoms with Crippen molar-refractivity contribution in [1.82, 2.24) is 19.6 Å². The first kappa shape index (κ1) is 23.1. The van der Waals surface area contributed by atoms with E-state index in [0.29, 0.717) is 36.0 Å². The summed E-state index contributed by atoms with van der Waals surface area (Å²) >= 11 is 6.60. The molecule has 0 bridgehead atoms. The van der Waals surface area contributed by atoms with Gasteiger partial charge in [-0.25, -0.2) is 4.68 Å². The highest BCUT2D eigenvalue weighted by molar-refractivity contribution is 6.33. The highest BCUT2D eigenvalue weighted by atomic mass is 35.5. The second kappa shape index (κ2) is 10.3. The molecule has 1 aliphatic heterocycles. The summed E-state index contributed by atoms with van der Waals surface area (Å²) in [6, 6.07) is 15.9. The number of piperazine rings is 1. The quantitative estimate of drug-likeness (QED) is 0.527. The Morgan fingerprint density at radius 3 is 2.30 bits per heavy atom. The Labute approximate surface area is 199 Å². The van der Waals surface area contributed by atoms with Gasteiger partial charge in [-0.15, -0.1) is 0 Å². The third kappa shape index (κ3) is 5.15. The summed E-state index contributed by atoms with van der Waals surface area (Å²) in [5.41, 5.74) is 3.40. The molecule has 4 rings (SSSR count). The molecule has 1 fully saturated rings. The van der Waals surface area contributed by atoms with E-state index in [0.717, 1.165) is 42.3 Å². The number of benzene rings is 2. The van der Waals surface area contributed by atoms with Gasteiger partial charge in [-0.05, 0) is 30.2 Å². The van der Waals surface area contributed by atoms with Crippen molar-refractivity contribution in [1.29, 1.82) is 0 Å². The molecule has 0 saturated carbocycles. The molecule has 8 heteroatoms. The lowest BCUT2D eigenvalue weighted by atomic mass is 10.1. The van der Waals surface area contributed by atoms with E-state index in [-0.39, 0.29) is 5.91 Å². The number of hydrogen-bond donors (Lipinski definition) is 0. The summed E-state index contributed by atoms with van der Waals surface area (Å²) in [5, 5.41) is 4.92. The van der Waals surface area contributed by atoms with Crippen LogP contribution >= 0.6 is 11.6 Å². The summed E-state index contributed by atoms with van der Waals surface area (Å²) in [4.78, 5) is 17.5. The van der Waals surface area contributed by atoms with E-state index in [1.807, 2.05) is 60.4 Å². The van der Waals surface area contributed by atoms with E-state index < -0.39 is 0 Å². The third-order valence-electron chi connectivity index (χ3n) is 5.97. The molecule has 3 aromatic rings. The second-order valence-corrected chi connectivity index (χ2v) is 8.51. The summed E-state index contributed by atoms with van der Waals surface area (Å²) in [5.74, 6) is 1.39. The SMILES string of the molecule is COc1ccc(CN2CCN(C(=O)c3c(C)nn(Cc4ccccc4)c3Cl)CC2)cc1OC. The molecule has 1 saturated heterocycles. The van der Waals surface area contributed by atoms with Crippen LogP contribution in [0, 0.1) is 6.92 Å². The average molecular weight is 469 g/mol. The number of carbonyl (C=O) groups excluding carboxylic acids is 1.